The molecule has 6 nitrogen and oxygen atoms in total. The third kappa shape index (κ3) is 5.42. The Morgan fingerprint density at radius 2 is 1.77 bits per heavy atom. The lowest BCUT2D eigenvalue weighted by Gasteiger charge is -2.29. The van der Waals surface area contributed by atoms with Gasteiger partial charge < -0.3 is 10.1 Å². The van der Waals surface area contributed by atoms with Gasteiger partial charge in [0.05, 0.1) is 15.5 Å². The Kier molecular flexibility index (Phi) is 7.21. The highest BCUT2D eigenvalue weighted by Gasteiger charge is 2.27. The molecule has 0 aromatic heterocycles. The van der Waals surface area contributed by atoms with Crippen molar-refractivity contribution in [3.05, 3.63) is 52.5 Å². The van der Waals surface area contributed by atoms with E-state index in [2.05, 4.69) is 28.2 Å². The average Bonchev–Trinajstić information content (AvgIpc) is 2.70. The molecule has 3 rings (SSSR count). The van der Waals surface area contributed by atoms with Crippen LogP contribution >= 0.6 is 15.9 Å². The van der Waals surface area contributed by atoms with Crippen molar-refractivity contribution in [3.8, 4) is 5.75 Å². The first-order valence-corrected chi connectivity index (χ1v) is 12.3. The predicted octanol–water partition coefficient (Wildman–Crippen LogP) is 4.91. The number of benzene rings is 2. The van der Waals surface area contributed by atoms with Gasteiger partial charge in [-0.3, -0.25) is 4.79 Å². The summed E-state index contributed by atoms with van der Waals surface area (Å²) in [6.07, 6.45) is 1.79. The number of carbonyl (C=O) groups excluding carboxylic acids is 1. The van der Waals surface area contributed by atoms with E-state index in [-0.39, 0.29) is 16.9 Å². The number of carbonyl (C=O) groups is 1. The summed E-state index contributed by atoms with van der Waals surface area (Å²) in [4.78, 5) is 12.8. The Bertz CT molecular complexity index is 998. The number of nitrogens with one attached hydrogen (secondary N) is 1. The fourth-order valence-electron chi connectivity index (χ4n) is 3.28. The molecule has 2 aromatic carbocycles. The smallest absolute Gasteiger partial charge is 0.255 e. The number of piperidine rings is 1. The Labute approximate surface area is 186 Å². The summed E-state index contributed by atoms with van der Waals surface area (Å²) < 4.78 is 33.5. The van der Waals surface area contributed by atoms with E-state index in [9.17, 15) is 13.2 Å². The van der Waals surface area contributed by atoms with Gasteiger partial charge in [0.2, 0.25) is 10.0 Å². The molecular formula is C22H27BrN2O4S. The highest BCUT2D eigenvalue weighted by atomic mass is 79.9. The molecule has 30 heavy (non-hydrogen) atoms. The van der Waals surface area contributed by atoms with Crippen molar-refractivity contribution < 1.29 is 17.9 Å². The Morgan fingerprint density at radius 3 is 2.33 bits per heavy atom. The van der Waals surface area contributed by atoms with E-state index < -0.39 is 10.0 Å². The molecule has 1 N–H and O–H groups in total. The zero-order valence-corrected chi connectivity index (χ0v) is 19.8. The maximum atomic E-state index is 12.8. The van der Waals surface area contributed by atoms with Crippen molar-refractivity contribution in [1.29, 1.82) is 0 Å². The number of ether oxygens (including phenoxy) is 1. The zero-order valence-electron chi connectivity index (χ0n) is 17.4. The topological polar surface area (TPSA) is 75.7 Å². The van der Waals surface area contributed by atoms with Crippen molar-refractivity contribution in [2.75, 3.05) is 18.4 Å². The summed E-state index contributed by atoms with van der Waals surface area (Å²) in [6.45, 7) is 7.11. The summed E-state index contributed by atoms with van der Waals surface area (Å²) >= 11 is 3.43. The molecule has 1 heterocycles. The third-order valence-electron chi connectivity index (χ3n) is 5.05. The second-order valence-electron chi connectivity index (χ2n) is 7.88. The lowest BCUT2D eigenvalue weighted by atomic mass is 10.0. The number of nitrogens with zero attached hydrogens (tertiary/aromatic N) is 1. The average molecular weight is 495 g/mol. The van der Waals surface area contributed by atoms with Crippen LogP contribution in [0.15, 0.2) is 51.8 Å². The van der Waals surface area contributed by atoms with Gasteiger partial charge in [-0.05, 0) is 91.0 Å². The van der Waals surface area contributed by atoms with Crippen LogP contribution in [0.4, 0.5) is 5.69 Å². The lowest BCUT2D eigenvalue weighted by Crippen LogP contribution is -2.37. The molecular weight excluding hydrogens is 468 g/mol. The van der Waals surface area contributed by atoms with Gasteiger partial charge in [-0.15, -0.1) is 0 Å². The van der Waals surface area contributed by atoms with Crippen LogP contribution in [-0.2, 0) is 10.0 Å². The van der Waals surface area contributed by atoms with Crippen molar-refractivity contribution >= 4 is 37.5 Å². The molecule has 162 valence electrons. The van der Waals surface area contributed by atoms with Crippen molar-refractivity contribution in [1.82, 2.24) is 4.31 Å². The third-order valence-corrected chi connectivity index (χ3v) is 7.58. The molecule has 0 radical (unpaired) electrons. The summed E-state index contributed by atoms with van der Waals surface area (Å²) in [5.41, 5.74) is 1.00. The fourth-order valence-corrected chi connectivity index (χ4v) is 5.22. The van der Waals surface area contributed by atoms with Gasteiger partial charge in [0, 0.05) is 24.3 Å². The Morgan fingerprint density at radius 1 is 1.13 bits per heavy atom. The van der Waals surface area contributed by atoms with Gasteiger partial charge in [0.1, 0.15) is 5.75 Å². The second-order valence-corrected chi connectivity index (χ2v) is 10.7. The molecule has 1 aliphatic rings. The number of anilines is 1. The van der Waals surface area contributed by atoms with E-state index in [0.29, 0.717) is 40.5 Å². The number of sulfonamides is 1. The minimum Gasteiger partial charge on any atom is -0.490 e. The van der Waals surface area contributed by atoms with Crippen LogP contribution in [0, 0.1) is 5.92 Å². The van der Waals surface area contributed by atoms with E-state index in [1.807, 2.05) is 13.8 Å². The highest BCUT2D eigenvalue weighted by Crippen LogP contribution is 2.28. The largest absolute Gasteiger partial charge is 0.490 e. The summed E-state index contributed by atoms with van der Waals surface area (Å²) in [6, 6.07) is 11.4. The van der Waals surface area contributed by atoms with Crippen molar-refractivity contribution in [2.45, 2.75) is 44.6 Å². The molecule has 1 saturated heterocycles. The van der Waals surface area contributed by atoms with E-state index >= 15 is 0 Å². The number of rotatable bonds is 6. The fraction of sp³-hybridized carbons (Fsp3) is 0.409. The summed E-state index contributed by atoms with van der Waals surface area (Å²) in [7, 11) is -3.50. The van der Waals surface area contributed by atoms with Gasteiger partial charge in [-0.25, -0.2) is 8.42 Å². The first kappa shape index (κ1) is 22.8. The normalized spacial score (nSPS) is 15.9. The van der Waals surface area contributed by atoms with Gasteiger partial charge in [0.15, 0.2) is 0 Å². The predicted molar refractivity (Wildman–Crippen MR) is 121 cm³/mol. The SMILES string of the molecule is CC1CCN(S(=O)(=O)c2ccc(NC(=O)c3ccc(OC(C)C)c(Br)c3)cc2)CC1. The van der Waals surface area contributed by atoms with Crippen molar-refractivity contribution in [3.63, 3.8) is 0 Å². The van der Waals surface area contributed by atoms with E-state index in [4.69, 9.17) is 4.74 Å². The molecule has 0 bridgehead atoms. The van der Waals surface area contributed by atoms with E-state index in [1.165, 1.54) is 0 Å². The Balaban J connectivity index is 1.68. The summed E-state index contributed by atoms with van der Waals surface area (Å²) in [5.74, 6) is 0.940. The summed E-state index contributed by atoms with van der Waals surface area (Å²) in [5, 5.41) is 2.80. The van der Waals surface area contributed by atoms with Gasteiger partial charge >= 0.3 is 0 Å². The molecule has 0 atom stereocenters. The van der Waals surface area contributed by atoms with Gasteiger partial charge in [0.25, 0.3) is 5.91 Å². The van der Waals surface area contributed by atoms with Crippen LogP contribution in [0.5, 0.6) is 5.75 Å². The molecule has 0 spiro atoms. The van der Waals surface area contributed by atoms with Gasteiger partial charge in [-0.1, -0.05) is 6.92 Å². The monoisotopic (exact) mass is 494 g/mol. The van der Waals surface area contributed by atoms with Crippen molar-refractivity contribution in [2.24, 2.45) is 5.92 Å². The maximum Gasteiger partial charge on any atom is 0.255 e. The molecule has 2 aromatic rings. The zero-order chi connectivity index (χ0) is 21.9. The first-order chi connectivity index (χ1) is 14.2. The van der Waals surface area contributed by atoms with Crippen LogP contribution in [0.2, 0.25) is 0 Å². The van der Waals surface area contributed by atoms with Crippen LogP contribution < -0.4 is 10.1 Å². The minimum atomic E-state index is -3.50. The number of hydrogen-bond donors (Lipinski definition) is 1. The van der Waals surface area contributed by atoms with Crippen LogP contribution in [0.25, 0.3) is 0 Å². The molecule has 0 aliphatic carbocycles. The molecule has 1 amide bonds. The molecule has 0 saturated carbocycles. The molecule has 1 fully saturated rings. The van der Waals surface area contributed by atoms with Crippen LogP contribution in [-0.4, -0.2) is 37.8 Å². The molecule has 1 aliphatic heterocycles. The minimum absolute atomic E-state index is 0.0316. The van der Waals surface area contributed by atoms with Gasteiger partial charge in [-0.2, -0.15) is 4.31 Å². The quantitative estimate of drug-likeness (QED) is 0.618. The number of amides is 1. The second kappa shape index (κ2) is 9.49. The standard InChI is InChI=1S/C22H27BrN2O4S/c1-15(2)29-21-9-4-17(14-20(21)23)22(26)24-18-5-7-19(8-6-18)30(27,28)25-12-10-16(3)11-13-25/h4-9,14-16H,10-13H2,1-3H3,(H,24,26). The Hall–Kier alpha value is -1.90. The first-order valence-electron chi connectivity index (χ1n) is 10.0. The molecule has 0 unspecified atom stereocenters. The van der Waals surface area contributed by atoms with E-state index in [0.717, 1.165) is 12.8 Å². The number of halogens is 1. The highest BCUT2D eigenvalue weighted by molar-refractivity contribution is 9.10. The van der Waals surface area contributed by atoms with Crippen LogP contribution in [0.1, 0.15) is 44.0 Å². The van der Waals surface area contributed by atoms with E-state index in [1.54, 1.807) is 46.8 Å². The lowest BCUT2D eigenvalue weighted by molar-refractivity contribution is 0.102. The van der Waals surface area contributed by atoms with Crippen LogP contribution in [0.3, 0.4) is 0 Å². The molecule has 8 heteroatoms. The number of hydrogen-bond acceptors (Lipinski definition) is 4. The maximum absolute atomic E-state index is 12.8.